The van der Waals surface area contributed by atoms with Crippen LogP contribution in [0.5, 0.6) is 0 Å². The van der Waals surface area contributed by atoms with E-state index >= 15 is 0 Å². The van der Waals surface area contributed by atoms with Crippen molar-refractivity contribution in [2.75, 3.05) is 11.5 Å². The summed E-state index contributed by atoms with van der Waals surface area (Å²) in [5.74, 6) is 0. The zero-order valence-electron chi connectivity index (χ0n) is 9.33. The lowest BCUT2D eigenvalue weighted by Gasteiger charge is -2.10. The summed E-state index contributed by atoms with van der Waals surface area (Å²) in [6.45, 7) is 0. The summed E-state index contributed by atoms with van der Waals surface area (Å²) >= 11 is 0. The minimum atomic E-state index is -4.33. The largest absolute Gasteiger partial charge is 0.416 e. The standard InChI is InChI=1S/C13H11F3N2/c14-13(15,16)9-3-1-8(2-4-9)11-7-10(17)5-6-12(11)18/h1-7H,17-18H2. The van der Waals surface area contributed by atoms with E-state index in [0.29, 0.717) is 22.5 Å². The van der Waals surface area contributed by atoms with Crippen LogP contribution in [-0.2, 0) is 6.18 Å². The lowest BCUT2D eigenvalue weighted by Crippen LogP contribution is -2.04. The fraction of sp³-hybridized carbons (Fsp3) is 0.0769. The Morgan fingerprint density at radius 2 is 1.44 bits per heavy atom. The minimum Gasteiger partial charge on any atom is -0.399 e. The molecule has 0 radical (unpaired) electrons. The second kappa shape index (κ2) is 4.25. The molecule has 18 heavy (non-hydrogen) atoms. The summed E-state index contributed by atoms with van der Waals surface area (Å²) in [5, 5.41) is 0. The van der Waals surface area contributed by atoms with Gasteiger partial charge in [-0.15, -0.1) is 0 Å². The number of benzene rings is 2. The Bertz CT molecular complexity index is 559. The van der Waals surface area contributed by atoms with E-state index in [1.54, 1.807) is 18.2 Å². The zero-order valence-corrected chi connectivity index (χ0v) is 9.33. The lowest BCUT2D eigenvalue weighted by molar-refractivity contribution is -0.137. The predicted molar refractivity (Wildman–Crippen MR) is 65.7 cm³/mol. The Labute approximate surface area is 102 Å². The van der Waals surface area contributed by atoms with E-state index in [1.165, 1.54) is 12.1 Å². The van der Waals surface area contributed by atoms with Crippen LogP contribution in [-0.4, -0.2) is 0 Å². The topological polar surface area (TPSA) is 52.0 Å². The van der Waals surface area contributed by atoms with Crippen molar-refractivity contribution in [1.82, 2.24) is 0 Å². The Morgan fingerprint density at radius 3 is 2.00 bits per heavy atom. The average molecular weight is 252 g/mol. The van der Waals surface area contributed by atoms with Crippen molar-refractivity contribution < 1.29 is 13.2 Å². The quantitative estimate of drug-likeness (QED) is 0.763. The van der Waals surface area contributed by atoms with E-state index in [0.717, 1.165) is 12.1 Å². The fourth-order valence-electron chi connectivity index (χ4n) is 1.66. The van der Waals surface area contributed by atoms with Gasteiger partial charge in [0.1, 0.15) is 0 Å². The molecule has 0 spiro atoms. The van der Waals surface area contributed by atoms with Gasteiger partial charge in [-0.3, -0.25) is 0 Å². The number of halogens is 3. The summed E-state index contributed by atoms with van der Waals surface area (Å²) < 4.78 is 37.3. The average Bonchev–Trinajstić information content (AvgIpc) is 2.31. The molecular formula is C13H11F3N2. The molecule has 0 aliphatic rings. The van der Waals surface area contributed by atoms with Crippen LogP contribution in [0, 0.1) is 0 Å². The number of anilines is 2. The van der Waals surface area contributed by atoms with Crippen LogP contribution in [0.15, 0.2) is 42.5 Å². The highest BCUT2D eigenvalue weighted by Crippen LogP contribution is 2.33. The molecule has 0 aliphatic heterocycles. The van der Waals surface area contributed by atoms with Crippen LogP contribution >= 0.6 is 0 Å². The van der Waals surface area contributed by atoms with Gasteiger partial charge in [-0.05, 0) is 35.9 Å². The van der Waals surface area contributed by atoms with E-state index < -0.39 is 11.7 Å². The van der Waals surface area contributed by atoms with Gasteiger partial charge < -0.3 is 11.5 Å². The molecule has 2 aromatic carbocycles. The molecule has 0 atom stereocenters. The molecule has 4 N–H and O–H groups in total. The maximum absolute atomic E-state index is 12.4. The summed E-state index contributed by atoms with van der Waals surface area (Å²) in [6, 6.07) is 9.72. The van der Waals surface area contributed by atoms with E-state index in [2.05, 4.69) is 0 Å². The van der Waals surface area contributed by atoms with Crippen molar-refractivity contribution in [3.8, 4) is 11.1 Å². The third kappa shape index (κ3) is 2.40. The smallest absolute Gasteiger partial charge is 0.399 e. The van der Waals surface area contributed by atoms with Gasteiger partial charge in [0.2, 0.25) is 0 Å². The third-order valence-corrected chi connectivity index (χ3v) is 2.60. The van der Waals surface area contributed by atoms with Gasteiger partial charge in [-0.1, -0.05) is 12.1 Å². The van der Waals surface area contributed by atoms with Gasteiger partial charge in [0.25, 0.3) is 0 Å². The first-order valence-corrected chi connectivity index (χ1v) is 5.20. The van der Waals surface area contributed by atoms with E-state index in [4.69, 9.17) is 11.5 Å². The molecule has 0 unspecified atom stereocenters. The Balaban J connectivity index is 2.43. The highest BCUT2D eigenvalue weighted by atomic mass is 19.4. The van der Waals surface area contributed by atoms with E-state index in [9.17, 15) is 13.2 Å². The molecule has 94 valence electrons. The second-order valence-corrected chi connectivity index (χ2v) is 3.92. The Morgan fingerprint density at radius 1 is 0.833 bits per heavy atom. The van der Waals surface area contributed by atoms with Gasteiger partial charge in [0.05, 0.1) is 5.56 Å². The zero-order chi connectivity index (χ0) is 13.3. The number of nitrogens with two attached hydrogens (primary N) is 2. The monoisotopic (exact) mass is 252 g/mol. The van der Waals surface area contributed by atoms with Crippen molar-refractivity contribution in [3.63, 3.8) is 0 Å². The lowest BCUT2D eigenvalue weighted by atomic mass is 10.0. The summed E-state index contributed by atoms with van der Waals surface area (Å²) in [6.07, 6.45) is -4.33. The van der Waals surface area contributed by atoms with Gasteiger partial charge in [-0.2, -0.15) is 13.2 Å². The highest BCUT2D eigenvalue weighted by molar-refractivity contribution is 5.79. The number of alkyl halides is 3. The van der Waals surface area contributed by atoms with Crippen molar-refractivity contribution in [3.05, 3.63) is 48.0 Å². The molecule has 2 aromatic rings. The molecule has 0 saturated heterocycles. The Hall–Kier alpha value is -2.17. The van der Waals surface area contributed by atoms with Gasteiger partial charge >= 0.3 is 6.18 Å². The maximum atomic E-state index is 12.4. The molecule has 0 aliphatic carbocycles. The molecule has 0 saturated carbocycles. The first kappa shape index (κ1) is 12.3. The molecule has 2 rings (SSSR count). The highest BCUT2D eigenvalue weighted by Gasteiger charge is 2.29. The first-order chi connectivity index (χ1) is 8.38. The molecule has 2 nitrogen and oxygen atoms in total. The summed E-state index contributed by atoms with van der Waals surface area (Å²) in [7, 11) is 0. The maximum Gasteiger partial charge on any atom is 0.416 e. The van der Waals surface area contributed by atoms with Gasteiger partial charge in [0, 0.05) is 16.9 Å². The first-order valence-electron chi connectivity index (χ1n) is 5.20. The van der Waals surface area contributed by atoms with Gasteiger partial charge in [-0.25, -0.2) is 0 Å². The molecule has 0 amide bonds. The summed E-state index contributed by atoms with van der Waals surface area (Å²) in [5.41, 5.74) is 12.9. The van der Waals surface area contributed by atoms with Gasteiger partial charge in [0.15, 0.2) is 0 Å². The van der Waals surface area contributed by atoms with Crippen LogP contribution in [0.1, 0.15) is 5.56 Å². The number of hydrogen-bond donors (Lipinski definition) is 2. The van der Waals surface area contributed by atoms with E-state index in [1.807, 2.05) is 0 Å². The molecular weight excluding hydrogens is 241 g/mol. The SMILES string of the molecule is Nc1ccc(N)c(-c2ccc(C(F)(F)F)cc2)c1. The molecule has 0 bridgehead atoms. The third-order valence-electron chi connectivity index (χ3n) is 2.60. The number of nitrogen functional groups attached to an aromatic ring is 2. The molecule has 5 heteroatoms. The van der Waals surface area contributed by atoms with Crippen molar-refractivity contribution in [2.24, 2.45) is 0 Å². The van der Waals surface area contributed by atoms with Crippen molar-refractivity contribution in [1.29, 1.82) is 0 Å². The summed E-state index contributed by atoms with van der Waals surface area (Å²) in [4.78, 5) is 0. The van der Waals surface area contributed by atoms with Crippen LogP contribution in [0.3, 0.4) is 0 Å². The second-order valence-electron chi connectivity index (χ2n) is 3.92. The number of hydrogen-bond acceptors (Lipinski definition) is 2. The normalized spacial score (nSPS) is 11.5. The minimum absolute atomic E-state index is 0.476. The molecule has 0 aromatic heterocycles. The van der Waals surface area contributed by atoms with Crippen LogP contribution in [0.4, 0.5) is 24.5 Å². The molecule has 0 fully saturated rings. The van der Waals surface area contributed by atoms with Crippen molar-refractivity contribution >= 4 is 11.4 Å². The Kier molecular flexibility index (Phi) is 2.90. The predicted octanol–water partition coefficient (Wildman–Crippen LogP) is 3.54. The molecule has 0 heterocycles. The van der Waals surface area contributed by atoms with Crippen LogP contribution in [0.25, 0.3) is 11.1 Å². The van der Waals surface area contributed by atoms with Crippen molar-refractivity contribution in [2.45, 2.75) is 6.18 Å². The number of rotatable bonds is 1. The van der Waals surface area contributed by atoms with E-state index in [-0.39, 0.29) is 0 Å². The fourth-order valence-corrected chi connectivity index (χ4v) is 1.66. The van der Waals surface area contributed by atoms with Crippen LogP contribution in [0.2, 0.25) is 0 Å². The van der Waals surface area contributed by atoms with Crippen LogP contribution < -0.4 is 11.5 Å².